The topological polar surface area (TPSA) is 57.5 Å². The molecule has 1 aliphatic carbocycles. The maximum Gasteiger partial charge on any atom is 0.156 e. The molecule has 0 heterocycles. The Kier molecular flexibility index (Phi) is 4.16. The van der Waals surface area contributed by atoms with Gasteiger partial charge in [-0.3, -0.25) is 4.79 Å². The summed E-state index contributed by atoms with van der Waals surface area (Å²) >= 11 is 0. The van der Waals surface area contributed by atoms with Crippen molar-refractivity contribution in [2.24, 2.45) is 5.41 Å². The molecule has 0 aromatic heterocycles. The molecule has 0 fully saturated rings. The highest BCUT2D eigenvalue weighted by molar-refractivity contribution is 5.93. The van der Waals surface area contributed by atoms with Gasteiger partial charge in [0.15, 0.2) is 11.4 Å². The Morgan fingerprint density at radius 3 is 2.67 bits per heavy atom. The molecule has 98 valence electrons. The van der Waals surface area contributed by atoms with Crippen LogP contribution in [0.3, 0.4) is 0 Å². The molecule has 1 atom stereocenters. The molecule has 0 bridgehead atoms. The lowest BCUT2D eigenvalue weighted by molar-refractivity contribution is -0.121. The first kappa shape index (κ1) is 14.7. The molecule has 1 rings (SSSR count). The molecule has 0 saturated heterocycles. The van der Waals surface area contributed by atoms with E-state index < -0.39 is 11.0 Å². The van der Waals surface area contributed by atoms with E-state index in [0.29, 0.717) is 11.1 Å². The number of aliphatic hydroxyl groups is 2. The highest BCUT2D eigenvalue weighted by Crippen LogP contribution is 2.42. The number of carbonyl (C=O) groups is 1. The third kappa shape index (κ3) is 2.72. The molecule has 0 radical (unpaired) electrons. The number of hydrogen-bond acceptors (Lipinski definition) is 3. The van der Waals surface area contributed by atoms with Gasteiger partial charge in [-0.25, -0.2) is 0 Å². The van der Waals surface area contributed by atoms with Gasteiger partial charge < -0.3 is 10.2 Å². The molecule has 3 nitrogen and oxygen atoms in total. The lowest BCUT2D eigenvalue weighted by atomic mass is 9.65. The molecule has 2 N–H and O–H groups in total. The predicted molar refractivity (Wildman–Crippen MR) is 70.7 cm³/mol. The third-order valence-electron chi connectivity index (χ3n) is 3.38. The minimum atomic E-state index is -1.30. The van der Waals surface area contributed by atoms with Crippen LogP contribution in [0.15, 0.2) is 23.3 Å². The Bertz CT molecular complexity index is 472. The Morgan fingerprint density at radius 2 is 2.17 bits per heavy atom. The van der Waals surface area contributed by atoms with E-state index in [4.69, 9.17) is 5.11 Å². The van der Waals surface area contributed by atoms with E-state index in [1.807, 2.05) is 13.8 Å². The zero-order chi connectivity index (χ0) is 14.0. The molecule has 18 heavy (non-hydrogen) atoms. The summed E-state index contributed by atoms with van der Waals surface area (Å²) in [6.07, 6.45) is 3.32. The second-order valence-electron chi connectivity index (χ2n) is 5.38. The summed E-state index contributed by atoms with van der Waals surface area (Å²) in [6.45, 7) is 7.09. The molecule has 1 aliphatic rings. The van der Waals surface area contributed by atoms with Crippen LogP contribution in [-0.2, 0) is 4.79 Å². The summed E-state index contributed by atoms with van der Waals surface area (Å²) in [5, 5.41) is 19.5. The average Bonchev–Trinajstić information content (AvgIpc) is 2.23. The minimum absolute atomic E-state index is 0.0200. The Morgan fingerprint density at radius 1 is 1.56 bits per heavy atom. The van der Waals surface area contributed by atoms with Gasteiger partial charge in [-0.05, 0) is 37.1 Å². The summed E-state index contributed by atoms with van der Waals surface area (Å²) < 4.78 is 0. The van der Waals surface area contributed by atoms with Crippen LogP contribution in [0.5, 0.6) is 0 Å². The van der Waals surface area contributed by atoms with Crippen LogP contribution in [0.25, 0.3) is 0 Å². The third-order valence-corrected chi connectivity index (χ3v) is 3.38. The number of rotatable bonds is 1. The second-order valence-corrected chi connectivity index (χ2v) is 5.38. The molecular weight excluding hydrogens is 228 g/mol. The normalized spacial score (nSPS) is 27.3. The van der Waals surface area contributed by atoms with Gasteiger partial charge in [0.1, 0.15) is 0 Å². The van der Waals surface area contributed by atoms with E-state index in [9.17, 15) is 9.90 Å². The summed E-state index contributed by atoms with van der Waals surface area (Å²) in [7, 11) is 0. The minimum Gasteiger partial charge on any atom is -0.392 e. The highest BCUT2D eigenvalue weighted by Gasteiger charge is 2.47. The molecule has 0 aliphatic heterocycles. The lowest BCUT2D eigenvalue weighted by Gasteiger charge is -2.42. The standard InChI is InChI=1S/C15H20O3/c1-11(6-8-16)5-7-15(18)12(2)9-13(17)10-14(15,3)4/h6,9,16,18H,8,10H2,1-4H3/b11-6+. The van der Waals surface area contributed by atoms with Gasteiger partial charge in [0.05, 0.1) is 6.61 Å². The SMILES string of the molecule is CC1=CC(=O)CC(C)(C)C1(O)C#C/C(C)=C/CO. The zero-order valence-electron chi connectivity index (χ0n) is 11.4. The van der Waals surface area contributed by atoms with Crippen LogP contribution in [0.2, 0.25) is 0 Å². The van der Waals surface area contributed by atoms with Crippen molar-refractivity contribution >= 4 is 5.78 Å². The Labute approximate surface area is 108 Å². The van der Waals surface area contributed by atoms with Gasteiger partial charge in [0, 0.05) is 11.8 Å². The Hall–Kier alpha value is -1.37. The zero-order valence-corrected chi connectivity index (χ0v) is 11.4. The second kappa shape index (κ2) is 5.09. The van der Waals surface area contributed by atoms with Gasteiger partial charge >= 0.3 is 0 Å². The van der Waals surface area contributed by atoms with Gasteiger partial charge in [-0.1, -0.05) is 25.7 Å². The highest BCUT2D eigenvalue weighted by atomic mass is 16.3. The van der Waals surface area contributed by atoms with E-state index >= 15 is 0 Å². The van der Waals surface area contributed by atoms with E-state index in [2.05, 4.69) is 11.8 Å². The van der Waals surface area contributed by atoms with Crippen molar-refractivity contribution in [3.63, 3.8) is 0 Å². The summed E-state index contributed by atoms with van der Waals surface area (Å²) in [6, 6.07) is 0. The fourth-order valence-electron chi connectivity index (χ4n) is 2.14. The maximum atomic E-state index is 11.5. The summed E-state index contributed by atoms with van der Waals surface area (Å²) in [4.78, 5) is 11.5. The maximum absolute atomic E-state index is 11.5. The van der Waals surface area contributed by atoms with Gasteiger partial charge in [-0.2, -0.15) is 0 Å². The van der Waals surface area contributed by atoms with Gasteiger partial charge in [0.25, 0.3) is 0 Å². The van der Waals surface area contributed by atoms with Gasteiger partial charge in [-0.15, -0.1) is 0 Å². The first-order valence-corrected chi connectivity index (χ1v) is 5.98. The number of hydrogen-bond donors (Lipinski definition) is 2. The van der Waals surface area contributed by atoms with Crippen LogP contribution in [0.1, 0.15) is 34.1 Å². The van der Waals surface area contributed by atoms with E-state index in [-0.39, 0.29) is 18.8 Å². The molecular formula is C15H20O3. The molecule has 3 heteroatoms. The average molecular weight is 248 g/mol. The van der Waals surface area contributed by atoms with Gasteiger partial charge in [0.2, 0.25) is 0 Å². The van der Waals surface area contributed by atoms with E-state index in [1.165, 1.54) is 6.08 Å². The molecule has 0 amide bonds. The van der Waals surface area contributed by atoms with Crippen LogP contribution in [-0.4, -0.2) is 28.2 Å². The van der Waals surface area contributed by atoms with Crippen molar-refractivity contribution in [1.82, 2.24) is 0 Å². The van der Waals surface area contributed by atoms with Crippen molar-refractivity contribution in [3.05, 3.63) is 23.3 Å². The van der Waals surface area contributed by atoms with Crippen molar-refractivity contribution < 1.29 is 15.0 Å². The fraction of sp³-hybridized carbons (Fsp3) is 0.533. The molecule has 0 aromatic rings. The molecule has 1 unspecified atom stereocenters. The van der Waals surface area contributed by atoms with E-state index in [1.54, 1.807) is 19.9 Å². The number of aliphatic hydroxyl groups excluding tert-OH is 1. The van der Waals surface area contributed by atoms with Crippen molar-refractivity contribution in [3.8, 4) is 11.8 Å². The summed E-state index contributed by atoms with van der Waals surface area (Å²) in [5.41, 5.74) is -0.639. The number of allylic oxidation sites excluding steroid dienone is 2. The van der Waals surface area contributed by atoms with Crippen molar-refractivity contribution in [1.29, 1.82) is 0 Å². The lowest BCUT2D eigenvalue weighted by Crippen LogP contribution is -2.48. The first-order chi connectivity index (χ1) is 8.23. The Balaban J connectivity index is 3.21. The quantitative estimate of drug-likeness (QED) is 0.693. The van der Waals surface area contributed by atoms with Crippen LogP contribution in [0.4, 0.5) is 0 Å². The van der Waals surface area contributed by atoms with Crippen molar-refractivity contribution in [2.75, 3.05) is 6.61 Å². The predicted octanol–water partition coefficient (Wildman–Crippen LogP) is 1.60. The molecule has 0 aromatic carbocycles. The molecule has 0 saturated carbocycles. The smallest absolute Gasteiger partial charge is 0.156 e. The van der Waals surface area contributed by atoms with Crippen LogP contribution in [0, 0.1) is 17.3 Å². The van der Waals surface area contributed by atoms with Crippen molar-refractivity contribution in [2.45, 2.75) is 39.7 Å². The first-order valence-electron chi connectivity index (χ1n) is 5.98. The number of ketones is 1. The monoisotopic (exact) mass is 248 g/mol. The fourth-order valence-corrected chi connectivity index (χ4v) is 2.14. The molecule has 0 spiro atoms. The number of carbonyl (C=O) groups excluding carboxylic acids is 1. The van der Waals surface area contributed by atoms with Crippen LogP contribution < -0.4 is 0 Å². The van der Waals surface area contributed by atoms with E-state index in [0.717, 1.165) is 0 Å². The summed E-state index contributed by atoms with van der Waals surface area (Å²) in [5.74, 6) is 5.71. The van der Waals surface area contributed by atoms with Crippen LogP contribution >= 0.6 is 0 Å². The largest absolute Gasteiger partial charge is 0.392 e.